The largest absolute Gasteiger partial charge is 0.416 e. The Kier molecular flexibility index (Phi) is 4.74. The molecule has 1 aromatic carbocycles. The van der Waals surface area contributed by atoms with Crippen molar-refractivity contribution in [2.45, 2.75) is 26.1 Å². The summed E-state index contributed by atoms with van der Waals surface area (Å²) in [4.78, 5) is 12.8. The molecule has 0 spiro atoms. The van der Waals surface area contributed by atoms with Gasteiger partial charge in [0.15, 0.2) is 0 Å². The first-order valence-corrected chi connectivity index (χ1v) is 8.47. The number of aromatic nitrogens is 3. The summed E-state index contributed by atoms with van der Waals surface area (Å²) in [5.41, 5.74) is 5.98. The van der Waals surface area contributed by atoms with Crippen molar-refractivity contribution >= 4 is 38.3 Å². The van der Waals surface area contributed by atoms with Crippen molar-refractivity contribution in [2.75, 3.05) is 11.1 Å². The average Bonchev–Trinajstić information content (AvgIpc) is 2.54. The number of nitrogens with one attached hydrogen (secondary N) is 1. The number of hydrogen-bond acceptors (Lipinski definition) is 5. The van der Waals surface area contributed by atoms with Gasteiger partial charge >= 0.3 is 6.18 Å². The number of halogens is 4. The fraction of sp³-hybridized carbons (Fsp3) is 0.235. The van der Waals surface area contributed by atoms with Gasteiger partial charge in [-0.2, -0.15) is 13.2 Å². The second kappa shape index (κ2) is 6.71. The fourth-order valence-electron chi connectivity index (χ4n) is 2.61. The van der Waals surface area contributed by atoms with Crippen LogP contribution in [0, 0.1) is 6.92 Å². The minimum atomic E-state index is -4.46. The number of rotatable bonds is 3. The molecule has 1 atom stereocenters. The molecule has 0 saturated heterocycles. The quantitative estimate of drug-likeness (QED) is 0.462. The summed E-state index contributed by atoms with van der Waals surface area (Å²) in [5.74, 6) is 1.04. The smallest absolute Gasteiger partial charge is 0.399 e. The number of aryl methyl sites for hydroxylation is 1. The Hall–Kier alpha value is -2.42. The summed E-state index contributed by atoms with van der Waals surface area (Å²) in [5, 5.41) is 3.86. The lowest BCUT2D eigenvalue weighted by Gasteiger charge is -2.19. The van der Waals surface area contributed by atoms with E-state index in [9.17, 15) is 13.2 Å². The van der Waals surface area contributed by atoms with Crippen molar-refractivity contribution in [1.29, 1.82) is 0 Å². The second-order valence-corrected chi connectivity index (χ2v) is 6.71. The minimum Gasteiger partial charge on any atom is -0.399 e. The molecule has 0 aliphatic heterocycles. The Labute approximate surface area is 156 Å². The summed E-state index contributed by atoms with van der Waals surface area (Å²) in [6, 6.07) is 4.82. The highest BCUT2D eigenvalue weighted by Crippen LogP contribution is 2.34. The Balaban J connectivity index is 2.01. The molecule has 0 aliphatic carbocycles. The van der Waals surface area contributed by atoms with E-state index in [0.29, 0.717) is 32.7 Å². The van der Waals surface area contributed by atoms with Crippen LogP contribution in [-0.2, 0) is 6.18 Å². The minimum absolute atomic E-state index is 0.0548. The van der Waals surface area contributed by atoms with E-state index in [2.05, 4.69) is 36.2 Å². The van der Waals surface area contributed by atoms with Gasteiger partial charge in [-0.3, -0.25) is 0 Å². The Bertz CT molecular complexity index is 975. The molecule has 3 aromatic rings. The van der Waals surface area contributed by atoms with Gasteiger partial charge in [-0.1, -0.05) is 0 Å². The Morgan fingerprint density at radius 2 is 1.88 bits per heavy atom. The van der Waals surface area contributed by atoms with E-state index in [1.165, 1.54) is 6.07 Å². The molecule has 136 valence electrons. The molecule has 0 aliphatic rings. The van der Waals surface area contributed by atoms with Crippen LogP contribution in [0.5, 0.6) is 0 Å². The second-order valence-electron chi connectivity index (χ2n) is 5.90. The van der Waals surface area contributed by atoms with Gasteiger partial charge in [0.05, 0.1) is 23.3 Å². The van der Waals surface area contributed by atoms with Crippen LogP contribution in [0.3, 0.4) is 0 Å². The number of fused-ring (bicyclic) bond motifs is 1. The van der Waals surface area contributed by atoms with E-state index in [0.717, 1.165) is 12.1 Å². The molecule has 0 fully saturated rings. The standard InChI is InChI=1S/C17H15BrF3N5/c1-8(10-3-11(17(19,20)21)5-12(22)4-10)24-16-13-6-15(18)23-7-14(13)25-9(2)26-16/h3-8H,22H2,1-2H3,(H,24,25,26)/t8-/m1/s1. The first kappa shape index (κ1) is 18.4. The molecule has 26 heavy (non-hydrogen) atoms. The van der Waals surface area contributed by atoms with Gasteiger partial charge in [0.1, 0.15) is 16.2 Å². The molecule has 0 radical (unpaired) electrons. The Morgan fingerprint density at radius 1 is 1.15 bits per heavy atom. The van der Waals surface area contributed by atoms with Crippen LogP contribution >= 0.6 is 15.9 Å². The molecule has 3 rings (SSSR count). The average molecular weight is 426 g/mol. The fourth-order valence-corrected chi connectivity index (χ4v) is 2.94. The molecular formula is C17H15BrF3N5. The van der Waals surface area contributed by atoms with Crippen LogP contribution < -0.4 is 11.1 Å². The van der Waals surface area contributed by atoms with E-state index in [-0.39, 0.29) is 5.69 Å². The molecule has 0 amide bonds. The third-order valence-electron chi connectivity index (χ3n) is 3.82. The lowest BCUT2D eigenvalue weighted by molar-refractivity contribution is -0.137. The van der Waals surface area contributed by atoms with Crippen molar-refractivity contribution in [3.8, 4) is 0 Å². The van der Waals surface area contributed by atoms with Crippen LogP contribution in [0.2, 0.25) is 0 Å². The molecular weight excluding hydrogens is 411 g/mol. The maximum Gasteiger partial charge on any atom is 0.416 e. The van der Waals surface area contributed by atoms with Gasteiger partial charge in [-0.05, 0) is 59.6 Å². The number of anilines is 2. The maximum atomic E-state index is 13.0. The van der Waals surface area contributed by atoms with Gasteiger partial charge in [-0.25, -0.2) is 15.0 Å². The summed E-state index contributed by atoms with van der Waals surface area (Å²) >= 11 is 3.30. The van der Waals surface area contributed by atoms with E-state index in [1.807, 2.05) is 0 Å². The predicted molar refractivity (Wildman–Crippen MR) is 97.7 cm³/mol. The normalized spacial score (nSPS) is 13.0. The number of alkyl halides is 3. The number of nitrogens with two attached hydrogens (primary N) is 1. The van der Waals surface area contributed by atoms with Gasteiger partial charge in [0, 0.05) is 11.1 Å². The van der Waals surface area contributed by atoms with Crippen molar-refractivity contribution in [3.63, 3.8) is 0 Å². The summed E-state index contributed by atoms with van der Waals surface area (Å²) in [6.07, 6.45) is -2.86. The van der Waals surface area contributed by atoms with Crippen LogP contribution in [0.25, 0.3) is 10.9 Å². The highest BCUT2D eigenvalue weighted by atomic mass is 79.9. The summed E-state index contributed by atoms with van der Waals surface area (Å²) in [7, 11) is 0. The van der Waals surface area contributed by atoms with Gasteiger partial charge in [0.2, 0.25) is 0 Å². The summed E-state index contributed by atoms with van der Waals surface area (Å²) < 4.78 is 39.7. The highest BCUT2D eigenvalue weighted by Gasteiger charge is 2.31. The monoisotopic (exact) mass is 425 g/mol. The van der Waals surface area contributed by atoms with Gasteiger partial charge in [-0.15, -0.1) is 0 Å². The lowest BCUT2D eigenvalue weighted by atomic mass is 10.0. The third kappa shape index (κ3) is 3.87. The molecule has 0 unspecified atom stereocenters. The summed E-state index contributed by atoms with van der Waals surface area (Å²) in [6.45, 7) is 3.48. The number of benzene rings is 1. The number of pyridine rings is 1. The molecule has 3 N–H and O–H groups in total. The van der Waals surface area contributed by atoms with Crippen LogP contribution in [0.1, 0.15) is 29.9 Å². The van der Waals surface area contributed by atoms with Crippen molar-refractivity contribution in [3.05, 3.63) is 52.0 Å². The van der Waals surface area contributed by atoms with Gasteiger partial charge < -0.3 is 11.1 Å². The van der Waals surface area contributed by atoms with Gasteiger partial charge in [0.25, 0.3) is 0 Å². The van der Waals surface area contributed by atoms with Crippen molar-refractivity contribution < 1.29 is 13.2 Å². The van der Waals surface area contributed by atoms with E-state index < -0.39 is 17.8 Å². The van der Waals surface area contributed by atoms with E-state index in [1.54, 1.807) is 26.1 Å². The van der Waals surface area contributed by atoms with Crippen LogP contribution in [0.15, 0.2) is 35.1 Å². The molecule has 2 aromatic heterocycles. The zero-order chi connectivity index (χ0) is 19.1. The highest BCUT2D eigenvalue weighted by molar-refractivity contribution is 9.10. The molecule has 2 heterocycles. The first-order valence-electron chi connectivity index (χ1n) is 7.67. The molecule has 0 saturated carbocycles. The number of nitrogens with zero attached hydrogens (tertiary/aromatic N) is 3. The topological polar surface area (TPSA) is 76.7 Å². The predicted octanol–water partition coefficient (Wildman–Crippen LogP) is 4.87. The zero-order valence-electron chi connectivity index (χ0n) is 13.9. The number of nitrogen functional groups attached to an aromatic ring is 1. The molecule has 5 nitrogen and oxygen atoms in total. The third-order valence-corrected chi connectivity index (χ3v) is 4.25. The van der Waals surface area contributed by atoms with Crippen LogP contribution in [0.4, 0.5) is 24.7 Å². The first-order chi connectivity index (χ1) is 12.1. The van der Waals surface area contributed by atoms with E-state index in [4.69, 9.17) is 5.73 Å². The van der Waals surface area contributed by atoms with Crippen LogP contribution in [-0.4, -0.2) is 15.0 Å². The zero-order valence-corrected chi connectivity index (χ0v) is 15.5. The molecule has 0 bridgehead atoms. The van der Waals surface area contributed by atoms with E-state index >= 15 is 0 Å². The SMILES string of the molecule is Cc1nc(N[C@H](C)c2cc(N)cc(C(F)(F)F)c2)c2cc(Br)ncc2n1. The number of hydrogen-bond donors (Lipinski definition) is 2. The lowest BCUT2D eigenvalue weighted by Crippen LogP contribution is -2.12. The van der Waals surface area contributed by atoms with Crippen molar-refractivity contribution in [1.82, 2.24) is 15.0 Å². The van der Waals surface area contributed by atoms with Crippen molar-refractivity contribution in [2.24, 2.45) is 0 Å². The Morgan fingerprint density at radius 3 is 2.58 bits per heavy atom. The maximum absolute atomic E-state index is 13.0. The molecule has 9 heteroatoms.